The second-order valence-electron chi connectivity index (χ2n) is 6.45. The fourth-order valence-electron chi connectivity index (χ4n) is 3.36. The Morgan fingerprint density at radius 3 is 2.91 bits per heavy atom. The smallest absolute Gasteiger partial charge is 0.255 e. The number of aryl methyl sites for hydroxylation is 1. The van der Waals surface area contributed by atoms with Crippen LogP contribution in [0.1, 0.15) is 47.3 Å². The lowest BCUT2D eigenvalue weighted by molar-refractivity contribution is 0.0682. The number of nitrogens with zero attached hydrogens (tertiary/aromatic N) is 2. The number of carbonyl (C=O) groups is 1. The molecule has 22 heavy (non-hydrogen) atoms. The fourth-order valence-corrected chi connectivity index (χ4v) is 3.36. The molecule has 0 spiro atoms. The van der Waals surface area contributed by atoms with Crippen molar-refractivity contribution >= 4 is 5.91 Å². The highest BCUT2D eigenvalue weighted by Crippen LogP contribution is 2.22. The molecule has 0 N–H and O–H groups in total. The van der Waals surface area contributed by atoms with Gasteiger partial charge in [0.2, 0.25) is 0 Å². The Labute approximate surface area is 131 Å². The van der Waals surface area contributed by atoms with Gasteiger partial charge in [-0.2, -0.15) is 0 Å². The molecule has 1 aliphatic heterocycles. The number of hydrogen-bond acceptors (Lipinski definition) is 2. The SMILES string of the molecule is Cc1cc(C(=O)N2CCCC(C)C2)c(C)n1Cc1ccco1. The first-order chi connectivity index (χ1) is 10.6. The van der Waals surface area contributed by atoms with Crippen molar-refractivity contribution in [3.8, 4) is 0 Å². The van der Waals surface area contributed by atoms with Crippen LogP contribution in [-0.4, -0.2) is 28.5 Å². The van der Waals surface area contributed by atoms with Crippen molar-refractivity contribution in [1.29, 1.82) is 0 Å². The van der Waals surface area contributed by atoms with Crippen molar-refractivity contribution in [1.82, 2.24) is 9.47 Å². The highest BCUT2D eigenvalue weighted by molar-refractivity contribution is 5.95. The summed E-state index contributed by atoms with van der Waals surface area (Å²) in [5.41, 5.74) is 2.96. The van der Waals surface area contributed by atoms with Crippen LogP contribution in [0.15, 0.2) is 28.9 Å². The van der Waals surface area contributed by atoms with Crippen LogP contribution in [0.3, 0.4) is 0 Å². The highest BCUT2D eigenvalue weighted by atomic mass is 16.3. The third-order valence-electron chi connectivity index (χ3n) is 4.64. The summed E-state index contributed by atoms with van der Waals surface area (Å²) in [6.07, 6.45) is 4.02. The van der Waals surface area contributed by atoms with Gasteiger partial charge in [0.1, 0.15) is 5.76 Å². The zero-order chi connectivity index (χ0) is 15.7. The van der Waals surface area contributed by atoms with Gasteiger partial charge < -0.3 is 13.9 Å². The molecule has 1 fully saturated rings. The molecule has 0 radical (unpaired) electrons. The van der Waals surface area contributed by atoms with Crippen molar-refractivity contribution in [2.45, 2.75) is 40.2 Å². The molecule has 0 aromatic carbocycles. The normalized spacial score (nSPS) is 18.7. The van der Waals surface area contributed by atoms with Gasteiger partial charge in [-0.15, -0.1) is 0 Å². The molecule has 118 valence electrons. The van der Waals surface area contributed by atoms with E-state index in [4.69, 9.17) is 4.42 Å². The molecule has 2 aromatic heterocycles. The average Bonchev–Trinajstić information content (AvgIpc) is 3.10. The van der Waals surface area contributed by atoms with E-state index in [0.29, 0.717) is 12.5 Å². The largest absolute Gasteiger partial charge is 0.467 e. The van der Waals surface area contributed by atoms with E-state index in [1.165, 1.54) is 6.42 Å². The van der Waals surface area contributed by atoms with Crippen LogP contribution in [-0.2, 0) is 6.54 Å². The van der Waals surface area contributed by atoms with Gasteiger partial charge in [-0.1, -0.05) is 6.92 Å². The molecule has 1 atom stereocenters. The minimum absolute atomic E-state index is 0.172. The summed E-state index contributed by atoms with van der Waals surface area (Å²) in [4.78, 5) is 14.8. The number of hydrogen-bond donors (Lipinski definition) is 0. The summed E-state index contributed by atoms with van der Waals surface area (Å²) in [5.74, 6) is 1.68. The van der Waals surface area contributed by atoms with Gasteiger partial charge in [-0.25, -0.2) is 0 Å². The minimum Gasteiger partial charge on any atom is -0.467 e. The minimum atomic E-state index is 0.172. The predicted octanol–water partition coefficient (Wildman–Crippen LogP) is 3.62. The van der Waals surface area contributed by atoms with E-state index in [2.05, 4.69) is 11.5 Å². The quantitative estimate of drug-likeness (QED) is 0.868. The molecule has 0 saturated carbocycles. The second-order valence-corrected chi connectivity index (χ2v) is 6.45. The summed E-state index contributed by atoms with van der Waals surface area (Å²) < 4.78 is 7.58. The molecule has 1 amide bonds. The van der Waals surface area contributed by atoms with Gasteiger partial charge in [0.25, 0.3) is 5.91 Å². The Kier molecular flexibility index (Phi) is 4.10. The average molecular weight is 300 g/mol. The van der Waals surface area contributed by atoms with E-state index in [0.717, 1.165) is 42.2 Å². The Morgan fingerprint density at radius 2 is 2.23 bits per heavy atom. The number of amides is 1. The van der Waals surface area contributed by atoms with E-state index in [1.54, 1.807) is 6.26 Å². The van der Waals surface area contributed by atoms with Crippen molar-refractivity contribution in [2.75, 3.05) is 13.1 Å². The number of rotatable bonds is 3. The number of piperidine rings is 1. The molecule has 3 heterocycles. The Hall–Kier alpha value is -1.97. The van der Waals surface area contributed by atoms with Crippen molar-refractivity contribution in [2.24, 2.45) is 5.92 Å². The molecule has 1 aliphatic rings. The fraction of sp³-hybridized carbons (Fsp3) is 0.500. The molecule has 0 bridgehead atoms. The summed E-state index contributed by atoms with van der Waals surface area (Å²) in [7, 11) is 0. The number of aromatic nitrogens is 1. The molecule has 3 rings (SSSR count). The van der Waals surface area contributed by atoms with Gasteiger partial charge >= 0.3 is 0 Å². The summed E-state index contributed by atoms with van der Waals surface area (Å²) in [6, 6.07) is 5.87. The molecule has 4 heteroatoms. The Bertz CT molecular complexity index is 655. The number of carbonyl (C=O) groups excluding carboxylic acids is 1. The number of likely N-dealkylation sites (tertiary alicyclic amines) is 1. The molecule has 4 nitrogen and oxygen atoms in total. The number of furan rings is 1. The summed E-state index contributed by atoms with van der Waals surface area (Å²) >= 11 is 0. The zero-order valence-corrected chi connectivity index (χ0v) is 13.6. The van der Waals surface area contributed by atoms with Gasteiger partial charge in [-0.05, 0) is 50.8 Å². The third kappa shape index (κ3) is 2.82. The summed E-state index contributed by atoms with van der Waals surface area (Å²) in [5, 5.41) is 0. The highest BCUT2D eigenvalue weighted by Gasteiger charge is 2.25. The lowest BCUT2D eigenvalue weighted by Crippen LogP contribution is -2.39. The van der Waals surface area contributed by atoms with Gasteiger partial charge in [-0.3, -0.25) is 4.79 Å². The van der Waals surface area contributed by atoms with Crippen LogP contribution in [0, 0.1) is 19.8 Å². The lowest BCUT2D eigenvalue weighted by atomic mass is 9.99. The maximum absolute atomic E-state index is 12.8. The van der Waals surface area contributed by atoms with Crippen LogP contribution in [0.25, 0.3) is 0 Å². The van der Waals surface area contributed by atoms with Gasteiger partial charge in [0.15, 0.2) is 0 Å². The molecular formula is C18H24N2O2. The lowest BCUT2D eigenvalue weighted by Gasteiger charge is -2.31. The Morgan fingerprint density at radius 1 is 1.41 bits per heavy atom. The van der Waals surface area contributed by atoms with Crippen LogP contribution in [0.5, 0.6) is 0 Å². The van der Waals surface area contributed by atoms with Crippen molar-refractivity contribution < 1.29 is 9.21 Å². The monoisotopic (exact) mass is 300 g/mol. The standard InChI is InChI=1S/C18H24N2O2/c1-13-6-4-8-19(11-13)18(21)17-10-14(2)20(15(17)3)12-16-7-5-9-22-16/h5,7,9-10,13H,4,6,8,11-12H2,1-3H3. The maximum Gasteiger partial charge on any atom is 0.255 e. The van der Waals surface area contributed by atoms with E-state index in [9.17, 15) is 4.79 Å². The van der Waals surface area contributed by atoms with Crippen molar-refractivity contribution in [3.05, 3.63) is 47.2 Å². The van der Waals surface area contributed by atoms with Gasteiger partial charge in [0.05, 0.1) is 18.4 Å². The van der Waals surface area contributed by atoms with E-state index < -0.39 is 0 Å². The Balaban J connectivity index is 1.83. The third-order valence-corrected chi connectivity index (χ3v) is 4.64. The second kappa shape index (κ2) is 6.03. The zero-order valence-electron chi connectivity index (χ0n) is 13.6. The molecular weight excluding hydrogens is 276 g/mol. The van der Waals surface area contributed by atoms with E-state index in [1.807, 2.05) is 36.9 Å². The molecule has 0 aliphatic carbocycles. The first-order valence-electron chi connectivity index (χ1n) is 8.04. The van der Waals surface area contributed by atoms with Crippen LogP contribution < -0.4 is 0 Å². The predicted molar refractivity (Wildman–Crippen MR) is 86.0 cm³/mol. The van der Waals surface area contributed by atoms with Crippen LogP contribution in [0.2, 0.25) is 0 Å². The van der Waals surface area contributed by atoms with E-state index >= 15 is 0 Å². The summed E-state index contributed by atoms with van der Waals surface area (Å²) in [6.45, 7) is 8.72. The topological polar surface area (TPSA) is 38.4 Å². The van der Waals surface area contributed by atoms with Crippen molar-refractivity contribution in [3.63, 3.8) is 0 Å². The molecule has 1 unspecified atom stereocenters. The van der Waals surface area contributed by atoms with E-state index in [-0.39, 0.29) is 5.91 Å². The first-order valence-corrected chi connectivity index (χ1v) is 8.04. The first kappa shape index (κ1) is 14.9. The molecule has 1 saturated heterocycles. The van der Waals surface area contributed by atoms with Crippen LogP contribution in [0.4, 0.5) is 0 Å². The maximum atomic E-state index is 12.8. The van der Waals surface area contributed by atoms with Gasteiger partial charge in [0, 0.05) is 24.5 Å². The molecule has 2 aromatic rings. The van der Waals surface area contributed by atoms with Crippen LogP contribution >= 0.6 is 0 Å².